The maximum atomic E-state index is 11.9. The van der Waals surface area contributed by atoms with E-state index in [1.54, 1.807) is 18.5 Å². The van der Waals surface area contributed by atoms with E-state index in [1.807, 2.05) is 18.2 Å². The molecule has 2 fully saturated rings. The predicted molar refractivity (Wildman–Crippen MR) is 132 cm³/mol. The fraction of sp³-hybridized carbons (Fsp3) is 0.440. The molecule has 0 radical (unpaired) electrons. The summed E-state index contributed by atoms with van der Waals surface area (Å²) in [4.78, 5) is 39.6. The van der Waals surface area contributed by atoms with E-state index < -0.39 is 0 Å². The number of hydroxylamine groups is 1. The van der Waals surface area contributed by atoms with E-state index in [-0.39, 0.29) is 24.1 Å². The summed E-state index contributed by atoms with van der Waals surface area (Å²) in [6.45, 7) is 4.84. The van der Waals surface area contributed by atoms with Crippen LogP contribution in [-0.4, -0.2) is 58.7 Å². The number of nitrogens with zero attached hydrogens (tertiary/aromatic N) is 3. The maximum absolute atomic E-state index is 11.9. The van der Waals surface area contributed by atoms with Crippen LogP contribution in [0.2, 0.25) is 0 Å². The molecule has 1 aromatic carbocycles. The lowest BCUT2D eigenvalue weighted by Crippen LogP contribution is -2.32. The first-order valence-electron chi connectivity index (χ1n) is 12.0. The topological polar surface area (TPSA) is 118 Å². The number of amides is 2. The van der Waals surface area contributed by atoms with Gasteiger partial charge in [-0.05, 0) is 43.0 Å². The number of hydrogen-bond acceptors (Lipinski definition) is 8. The quantitative estimate of drug-likeness (QED) is 0.370. The van der Waals surface area contributed by atoms with Crippen molar-refractivity contribution >= 4 is 29.4 Å². The van der Waals surface area contributed by atoms with E-state index in [2.05, 4.69) is 37.0 Å². The molecule has 186 valence electrons. The van der Waals surface area contributed by atoms with E-state index in [4.69, 9.17) is 9.57 Å². The van der Waals surface area contributed by atoms with Gasteiger partial charge in [0.25, 0.3) is 5.91 Å². The Bertz CT molecular complexity index is 1020. The number of anilines is 2. The largest absolute Gasteiger partial charge is 0.365 e. The summed E-state index contributed by atoms with van der Waals surface area (Å²) in [6.07, 6.45) is 9.67. The number of rotatable bonds is 9. The SMILES string of the molecule is CC(=O)Nc1cccc(CN2CC[C@@H](Nc3cnc(C=CC(=O)NOC4CCCCO4)cn3)C2)c1. The molecule has 2 aliphatic heterocycles. The molecule has 0 saturated carbocycles. The molecule has 2 aromatic rings. The second-order valence-electron chi connectivity index (χ2n) is 8.79. The molecule has 4 rings (SSSR count). The van der Waals surface area contributed by atoms with Gasteiger partial charge in [0, 0.05) is 57.4 Å². The number of carbonyl (C=O) groups excluding carboxylic acids is 2. The highest BCUT2D eigenvalue weighted by Gasteiger charge is 2.22. The zero-order chi connectivity index (χ0) is 24.5. The number of benzene rings is 1. The highest BCUT2D eigenvalue weighted by molar-refractivity contribution is 5.90. The molecule has 3 N–H and O–H groups in total. The maximum Gasteiger partial charge on any atom is 0.267 e. The monoisotopic (exact) mass is 480 g/mol. The molecule has 0 spiro atoms. The van der Waals surface area contributed by atoms with Gasteiger partial charge < -0.3 is 15.4 Å². The third kappa shape index (κ3) is 8.13. The Morgan fingerprint density at radius 3 is 2.91 bits per heavy atom. The minimum absolute atomic E-state index is 0.0720. The summed E-state index contributed by atoms with van der Waals surface area (Å²) in [5.74, 6) is 0.248. The predicted octanol–water partition coefficient (Wildman–Crippen LogP) is 2.71. The molecule has 0 aliphatic carbocycles. The summed E-state index contributed by atoms with van der Waals surface area (Å²) >= 11 is 0. The molecule has 1 aromatic heterocycles. The van der Waals surface area contributed by atoms with Crippen molar-refractivity contribution in [1.29, 1.82) is 0 Å². The van der Waals surface area contributed by atoms with Gasteiger partial charge in [-0.2, -0.15) is 0 Å². The zero-order valence-electron chi connectivity index (χ0n) is 19.9. The lowest BCUT2D eigenvalue weighted by atomic mass is 10.2. The van der Waals surface area contributed by atoms with Gasteiger partial charge in [0.2, 0.25) is 5.91 Å². The third-order valence-electron chi connectivity index (χ3n) is 5.78. The van der Waals surface area contributed by atoms with Crippen molar-refractivity contribution in [3.05, 3.63) is 54.0 Å². The van der Waals surface area contributed by atoms with Crippen molar-refractivity contribution in [2.75, 3.05) is 30.3 Å². The smallest absolute Gasteiger partial charge is 0.267 e. The molecule has 0 bridgehead atoms. The molecule has 35 heavy (non-hydrogen) atoms. The number of ether oxygens (including phenoxy) is 1. The summed E-state index contributed by atoms with van der Waals surface area (Å²) in [5.41, 5.74) is 4.93. The van der Waals surface area contributed by atoms with E-state index in [0.29, 0.717) is 18.1 Å². The van der Waals surface area contributed by atoms with E-state index in [9.17, 15) is 9.59 Å². The van der Waals surface area contributed by atoms with Crippen molar-refractivity contribution in [3.63, 3.8) is 0 Å². The van der Waals surface area contributed by atoms with Gasteiger partial charge in [-0.15, -0.1) is 0 Å². The number of nitrogens with one attached hydrogen (secondary N) is 3. The van der Waals surface area contributed by atoms with Gasteiger partial charge in [-0.25, -0.2) is 15.3 Å². The number of likely N-dealkylation sites (tertiary alicyclic amines) is 1. The average Bonchev–Trinajstić information content (AvgIpc) is 3.29. The Morgan fingerprint density at radius 2 is 2.14 bits per heavy atom. The van der Waals surface area contributed by atoms with Crippen LogP contribution < -0.4 is 16.1 Å². The highest BCUT2D eigenvalue weighted by Crippen LogP contribution is 2.19. The van der Waals surface area contributed by atoms with Crippen molar-refractivity contribution in [1.82, 2.24) is 20.3 Å². The van der Waals surface area contributed by atoms with Crippen LogP contribution in [0.25, 0.3) is 6.08 Å². The Hall–Kier alpha value is -3.34. The van der Waals surface area contributed by atoms with Crippen molar-refractivity contribution in [2.45, 2.75) is 51.5 Å². The van der Waals surface area contributed by atoms with E-state index >= 15 is 0 Å². The van der Waals surface area contributed by atoms with Gasteiger partial charge in [-0.1, -0.05) is 12.1 Å². The second kappa shape index (κ2) is 12.4. The Balaban J connectivity index is 1.20. The van der Waals surface area contributed by atoms with Crippen LogP contribution in [0.5, 0.6) is 0 Å². The zero-order valence-corrected chi connectivity index (χ0v) is 19.9. The fourth-order valence-corrected chi connectivity index (χ4v) is 4.13. The number of aromatic nitrogens is 2. The van der Waals surface area contributed by atoms with Gasteiger partial charge >= 0.3 is 0 Å². The molecule has 10 nitrogen and oxygen atoms in total. The van der Waals surface area contributed by atoms with Crippen molar-refractivity contribution in [3.8, 4) is 0 Å². The van der Waals surface area contributed by atoms with Crippen LogP contribution >= 0.6 is 0 Å². The Morgan fingerprint density at radius 1 is 1.23 bits per heavy atom. The van der Waals surface area contributed by atoms with Crippen molar-refractivity contribution in [2.24, 2.45) is 0 Å². The van der Waals surface area contributed by atoms with Crippen molar-refractivity contribution < 1.29 is 19.2 Å². The second-order valence-corrected chi connectivity index (χ2v) is 8.79. The van der Waals surface area contributed by atoms with E-state index in [1.165, 1.54) is 13.0 Å². The van der Waals surface area contributed by atoms with Crippen LogP contribution in [0.15, 0.2) is 42.7 Å². The molecular formula is C25H32N6O4. The molecule has 2 saturated heterocycles. The van der Waals surface area contributed by atoms with Gasteiger partial charge in [-0.3, -0.25) is 19.5 Å². The first kappa shape index (κ1) is 24.8. The number of carbonyl (C=O) groups is 2. The van der Waals surface area contributed by atoms with Gasteiger partial charge in [0.05, 0.1) is 18.1 Å². The van der Waals surface area contributed by atoms with Gasteiger partial charge in [0.15, 0.2) is 6.29 Å². The minimum atomic E-state index is -0.383. The fourth-order valence-electron chi connectivity index (χ4n) is 4.13. The molecule has 3 heterocycles. The van der Waals surface area contributed by atoms with Crippen LogP contribution in [0.1, 0.15) is 43.9 Å². The van der Waals surface area contributed by atoms with E-state index in [0.717, 1.165) is 56.6 Å². The van der Waals surface area contributed by atoms with Crippen LogP contribution in [0.4, 0.5) is 11.5 Å². The first-order chi connectivity index (χ1) is 17.0. The molecule has 2 atom stereocenters. The highest BCUT2D eigenvalue weighted by atomic mass is 16.8. The molecule has 10 heteroatoms. The summed E-state index contributed by atoms with van der Waals surface area (Å²) in [7, 11) is 0. The van der Waals surface area contributed by atoms with Crippen LogP contribution in [0.3, 0.4) is 0 Å². The summed E-state index contributed by atoms with van der Waals surface area (Å²) < 4.78 is 5.41. The van der Waals surface area contributed by atoms with Gasteiger partial charge in [0.1, 0.15) is 5.82 Å². The lowest BCUT2D eigenvalue weighted by Gasteiger charge is -2.21. The molecule has 2 aliphatic rings. The summed E-state index contributed by atoms with van der Waals surface area (Å²) in [6, 6.07) is 8.20. The first-order valence-corrected chi connectivity index (χ1v) is 12.0. The molecule has 2 amide bonds. The van der Waals surface area contributed by atoms with Crippen LogP contribution in [-0.2, 0) is 25.7 Å². The minimum Gasteiger partial charge on any atom is -0.365 e. The summed E-state index contributed by atoms with van der Waals surface area (Å²) in [5, 5.41) is 6.26. The van der Waals surface area contributed by atoms with Crippen LogP contribution in [0, 0.1) is 0 Å². The average molecular weight is 481 g/mol. The molecule has 1 unspecified atom stereocenters. The normalized spacial score (nSPS) is 20.6. The standard InChI is InChI=1S/C25H32N6O4/c1-18(32)28-20-6-4-5-19(13-20)16-31-11-10-22(17-31)29-23-15-26-21(14-27-23)8-9-24(33)30-35-25-7-2-3-12-34-25/h4-6,8-9,13-15,22,25H,2-3,7,10-12,16-17H2,1H3,(H,27,29)(H,28,32)(H,30,33)/t22-,25?/m1/s1. The third-order valence-corrected chi connectivity index (χ3v) is 5.78. The molecular weight excluding hydrogens is 448 g/mol. The Kier molecular flexibility index (Phi) is 8.77. The lowest BCUT2D eigenvalue weighted by molar-refractivity contribution is -0.198. The Labute approximate surface area is 205 Å². The number of hydrogen-bond donors (Lipinski definition) is 3.